The molecule has 26 heavy (non-hydrogen) atoms. The van der Waals surface area contributed by atoms with Gasteiger partial charge in [-0.05, 0) is 52.8 Å². The predicted molar refractivity (Wildman–Crippen MR) is 103 cm³/mol. The number of rotatable bonds is 3. The number of nitrogens with zero attached hydrogens (tertiary/aromatic N) is 4. The summed E-state index contributed by atoms with van der Waals surface area (Å²) in [6.07, 6.45) is 4.11. The number of likely N-dealkylation sites (tertiary alicyclic amines) is 1. The first-order valence-electron chi connectivity index (χ1n) is 9.81. The SMILES string of the molecule is CCN1CCCC1c1cccnc1N1CCN(C(=O)OC(C)(C)C)CC1. The van der Waals surface area contributed by atoms with Crippen LogP contribution in [-0.4, -0.2) is 65.7 Å². The van der Waals surface area contributed by atoms with Crippen LogP contribution in [0.25, 0.3) is 0 Å². The van der Waals surface area contributed by atoms with Gasteiger partial charge in [-0.25, -0.2) is 9.78 Å². The van der Waals surface area contributed by atoms with Gasteiger partial charge in [-0.3, -0.25) is 4.90 Å². The van der Waals surface area contributed by atoms with E-state index in [-0.39, 0.29) is 6.09 Å². The monoisotopic (exact) mass is 360 g/mol. The van der Waals surface area contributed by atoms with Crippen molar-refractivity contribution in [3.8, 4) is 0 Å². The van der Waals surface area contributed by atoms with Crippen molar-refractivity contribution >= 4 is 11.9 Å². The topological polar surface area (TPSA) is 48.9 Å². The van der Waals surface area contributed by atoms with E-state index in [4.69, 9.17) is 9.72 Å². The second-order valence-corrected chi connectivity index (χ2v) is 8.16. The zero-order chi connectivity index (χ0) is 18.7. The van der Waals surface area contributed by atoms with Crippen LogP contribution in [0.3, 0.4) is 0 Å². The first-order valence-corrected chi connectivity index (χ1v) is 9.81. The Morgan fingerprint density at radius 1 is 1.23 bits per heavy atom. The van der Waals surface area contributed by atoms with Crippen molar-refractivity contribution in [1.29, 1.82) is 0 Å². The fraction of sp³-hybridized carbons (Fsp3) is 0.700. The van der Waals surface area contributed by atoms with Crippen molar-refractivity contribution in [3.05, 3.63) is 23.9 Å². The lowest BCUT2D eigenvalue weighted by Gasteiger charge is -2.37. The highest BCUT2D eigenvalue weighted by Gasteiger charge is 2.31. The lowest BCUT2D eigenvalue weighted by atomic mass is 10.0. The summed E-state index contributed by atoms with van der Waals surface area (Å²) < 4.78 is 5.50. The Hall–Kier alpha value is -1.82. The standard InChI is InChI=1S/C20H32N4O2/c1-5-22-11-7-9-17(22)16-8-6-10-21-18(16)23-12-14-24(15-13-23)19(25)26-20(2,3)4/h6,8,10,17H,5,7,9,11-15H2,1-4H3. The Bertz CT molecular complexity index is 620. The molecule has 2 fully saturated rings. The fourth-order valence-corrected chi connectivity index (χ4v) is 3.92. The van der Waals surface area contributed by atoms with Gasteiger partial charge >= 0.3 is 6.09 Å². The average Bonchev–Trinajstić information content (AvgIpc) is 3.09. The number of carbonyl (C=O) groups excluding carboxylic acids is 1. The van der Waals surface area contributed by atoms with Crippen molar-refractivity contribution in [1.82, 2.24) is 14.8 Å². The molecule has 1 aromatic heterocycles. The minimum atomic E-state index is -0.450. The van der Waals surface area contributed by atoms with Crippen LogP contribution < -0.4 is 4.90 Å². The van der Waals surface area contributed by atoms with Crippen molar-refractivity contribution in [3.63, 3.8) is 0 Å². The Morgan fingerprint density at radius 3 is 2.62 bits per heavy atom. The Labute approximate surface area is 157 Å². The first-order chi connectivity index (χ1) is 12.4. The summed E-state index contributed by atoms with van der Waals surface area (Å²) in [7, 11) is 0. The summed E-state index contributed by atoms with van der Waals surface area (Å²) in [6, 6.07) is 4.73. The highest BCUT2D eigenvalue weighted by molar-refractivity contribution is 5.68. The molecule has 0 aliphatic carbocycles. The second kappa shape index (κ2) is 7.82. The molecule has 0 saturated carbocycles. The molecule has 1 atom stereocenters. The maximum atomic E-state index is 12.3. The lowest BCUT2D eigenvalue weighted by Crippen LogP contribution is -2.50. The van der Waals surface area contributed by atoms with Crippen molar-refractivity contribution in [2.45, 2.75) is 52.2 Å². The molecule has 0 bridgehead atoms. The number of hydrogen-bond acceptors (Lipinski definition) is 5. The maximum absolute atomic E-state index is 12.3. The van der Waals surface area contributed by atoms with Crippen LogP contribution in [0.4, 0.5) is 10.6 Å². The first kappa shape index (κ1) is 19.0. The van der Waals surface area contributed by atoms with Crippen LogP contribution in [0.15, 0.2) is 18.3 Å². The van der Waals surface area contributed by atoms with E-state index >= 15 is 0 Å². The fourth-order valence-electron chi connectivity index (χ4n) is 3.92. The quantitative estimate of drug-likeness (QED) is 0.828. The molecule has 2 aliphatic rings. The van der Waals surface area contributed by atoms with Gasteiger partial charge in [0.15, 0.2) is 0 Å². The predicted octanol–water partition coefficient (Wildman–Crippen LogP) is 3.30. The molecule has 1 amide bonds. The van der Waals surface area contributed by atoms with Gasteiger partial charge in [0.05, 0.1) is 0 Å². The molecule has 3 heterocycles. The van der Waals surface area contributed by atoms with E-state index in [0.29, 0.717) is 19.1 Å². The number of ether oxygens (including phenoxy) is 1. The second-order valence-electron chi connectivity index (χ2n) is 8.16. The summed E-state index contributed by atoms with van der Waals surface area (Å²) in [5.74, 6) is 1.08. The van der Waals surface area contributed by atoms with Gasteiger partial charge in [0.1, 0.15) is 11.4 Å². The smallest absolute Gasteiger partial charge is 0.410 e. The molecule has 1 unspecified atom stereocenters. The minimum absolute atomic E-state index is 0.216. The Balaban J connectivity index is 1.68. The molecular weight excluding hydrogens is 328 g/mol. The number of carbonyl (C=O) groups is 1. The van der Waals surface area contributed by atoms with Crippen LogP contribution in [0.2, 0.25) is 0 Å². The Morgan fingerprint density at radius 2 is 1.96 bits per heavy atom. The number of anilines is 1. The molecule has 0 radical (unpaired) electrons. The molecule has 0 aromatic carbocycles. The highest BCUT2D eigenvalue weighted by Crippen LogP contribution is 2.36. The molecule has 2 saturated heterocycles. The van der Waals surface area contributed by atoms with Crippen LogP contribution in [0, 0.1) is 0 Å². The van der Waals surface area contributed by atoms with E-state index in [9.17, 15) is 4.79 Å². The molecule has 6 heteroatoms. The number of aromatic nitrogens is 1. The zero-order valence-corrected chi connectivity index (χ0v) is 16.6. The van der Waals surface area contributed by atoms with Gasteiger partial charge < -0.3 is 14.5 Å². The molecule has 2 aliphatic heterocycles. The zero-order valence-electron chi connectivity index (χ0n) is 16.6. The van der Waals surface area contributed by atoms with Gasteiger partial charge in [0.25, 0.3) is 0 Å². The van der Waals surface area contributed by atoms with Gasteiger partial charge in [0.2, 0.25) is 0 Å². The van der Waals surface area contributed by atoms with Gasteiger partial charge in [-0.15, -0.1) is 0 Å². The van der Waals surface area contributed by atoms with Gasteiger partial charge in [-0.2, -0.15) is 0 Å². The highest BCUT2D eigenvalue weighted by atomic mass is 16.6. The third-order valence-electron chi connectivity index (χ3n) is 5.18. The molecule has 0 spiro atoms. The molecule has 0 N–H and O–H groups in total. The third-order valence-corrected chi connectivity index (χ3v) is 5.18. The summed E-state index contributed by atoms with van der Waals surface area (Å²) in [6.45, 7) is 13.1. The van der Waals surface area contributed by atoms with Crippen LogP contribution >= 0.6 is 0 Å². The summed E-state index contributed by atoms with van der Waals surface area (Å²) >= 11 is 0. The number of pyridine rings is 1. The van der Waals surface area contributed by atoms with Crippen LogP contribution in [0.1, 0.15) is 52.1 Å². The summed E-state index contributed by atoms with van der Waals surface area (Å²) in [5.41, 5.74) is 0.881. The molecule has 144 valence electrons. The van der Waals surface area contributed by atoms with Gasteiger partial charge in [-0.1, -0.05) is 13.0 Å². The van der Waals surface area contributed by atoms with Crippen LogP contribution in [-0.2, 0) is 4.74 Å². The van der Waals surface area contributed by atoms with E-state index < -0.39 is 5.60 Å². The maximum Gasteiger partial charge on any atom is 0.410 e. The summed E-state index contributed by atoms with van der Waals surface area (Å²) in [5, 5.41) is 0. The van der Waals surface area contributed by atoms with E-state index in [1.54, 1.807) is 4.90 Å². The van der Waals surface area contributed by atoms with Crippen molar-refractivity contribution in [2.75, 3.05) is 44.2 Å². The minimum Gasteiger partial charge on any atom is -0.444 e. The normalized spacial score (nSPS) is 21.9. The van der Waals surface area contributed by atoms with Crippen molar-refractivity contribution in [2.24, 2.45) is 0 Å². The lowest BCUT2D eigenvalue weighted by molar-refractivity contribution is 0.0240. The van der Waals surface area contributed by atoms with Gasteiger partial charge in [0, 0.05) is 44.0 Å². The largest absolute Gasteiger partial charge is 0.444 e. The van der Waals surface area contributed by atoms with E-state index in [1.807, 2.05) is 33.0 Å². The number of hydrogen-bond donors (Lipinski definition) is 0. The number of amides is 1. The molecular formula is C20H32N4O2. The van der Waals surface area contributed by atoms with E-state index in [0.717, 1.165) is 25.5 Å². The average molecular weight is 361 g/mol. The molecule has 3 rings (SSSR count). The van der Waals surface area contributed by atoms with Crippen molar-refractivity contribution < 1.29 is 9.53 Å². The third kappa shape index (κ3) is 4.29. The van der Waals surface area contributed by atoms with E-state index in [1.165, 1.54) is 24.9 Å². The molecule has 1 aromatic rings. The molecule has 6 nitrogen and oxygen atoms in total. The van der Waals surface area contributed by atoms with E-state index in [2.05, 4.69) is 22.8 Å². The van der Waals surface area contributed by atoms with Crippen LogP contribution in [0.5, 0.6) is 0 Å². The number of piperazine rings is 1. The Kier molecular flexibility index (Phi) is 5.70. The summed E-state index contributed by atoms with van der Waals surface area (Å²) in [4.78, 5) is 23.7.